The molecule has 186 valence electrons. The lowest BCUT2D eigenvalue weighted by Crippen LogP contribution is -2.33. The van der Waals surface area contributed by atoms with Gasteiger partial charge in [-0.1, -0.05) is 12.1 Å². The number of hydrogen-bond acceptors (Lipinski definition) is 8. The molecule has 0 spiro atoms. The van der Waals surface area contributed by atoms with E-state index >= 15 is 0 Å². The Hall–Kier alpha value is -3.08. The van der Waals surface area contributed by atoms with Crippen LogP contribution < -0.4 is 10.6 Å². The summed E-state index contributed by atoms with van der Waals surface area (Å²) in [7, 11) is 4.21. The van der Waals surface area contributed by atoms with Crippen LogP contribution in [0.25, 0.3) is 0 Å². The minimum atomic E-state index is -0.423. The van der Waals surface area contributed by atoms with Crippen molar-refractivity contribution in [1.29, 1.82) is 0 Å². The maximum Gasteiger partial charge on any atom is 0.257 e. The number of likely N-dealkylation sites (N-methyl/N-ethyl adjacent to an activating group) is 1. The minimum Gasteiger partial charge on any atom is -0.350 e. The molecule has 0 saturated carbocycles. The third kappa shape index (κ3) is 5.66. The number of amides is 2. The van der Waals surface area contributed by atoms with Crippen molar-refractivity contribution in [1.82, 2.24) is 20.2 Å². The molecule has 1 aliphatic heterocycles. The Bertz CT molecular complexity index is 1290. The van der Waals surface area contributed by atoms with E-state index in [-0.39, 0.29) is 11.8 Å². The topological polar surface area (TPSA) is 99.6 Å². The molecule has 8 nitrogen and oxygen atoms in total. The molecule has 2 N–H and O–H groups in total. The van der Waals surface area contributed by atoms with Crippen LogP contribution >= 0.6 is 23.1 Å². The molecule has 5 rings (SSSR count). The van der Waals surface area contributed by atoms with E-state index in [1.807, 2.05) is 24.3 Å². The van der Waals surface area contributed by atoms with Crippen molar-refractivity contribution in [3.05, 3.63) is 76.1 Å². The molecule has 2 atom stereocenters. The zero-order chi connectivity index (χ0) is 25.1. The summed E-state index contributed by atoms with van der Waals surface area (Å²) in [4.78, 5) is 42.4. The fraction of sp³-hybridized carbons (Fsp3) is 0.346. The van der Waals surface area contributed by atoms with Crippen molar-refractivity contribution in [2.45, 2.75) is 37.9 Å². The lowest BCUT2D eigenvalue weighted by Gasteiger charge is -2.27. The first-order chi connectivity index (χ1) is 17.5. The number of aliphatic imine (C=N–C) groups is 1. The average molecular weight is 521 g/mol. The van der Waals surface area contributed by atoms with Gasteiger partial charge in [0, 0.05) is 46.7 Å². The van der Waals surface area contributed by atoms with Gasteiger partial charge in [-0.15, -0.1) is 23.1 Å². The molecule has 10 heteroatoms. The van der Waals surface area contributed by atoms with Gasteiger partial charge in [0.1, 0.15) is 6.04 Å². The molecule has 1 aliphatic carbocycles. The SMILES string of the molecule is CN(C)[C@H]1CCc2nc(NC(=O)c3cccc(CNC(=O)C4CSC(c5ccncc5)=N4)c3)sc2C1. The van der Waals surface area contributed by atoms with E-state index in [0.717, 1.165) is 41.1 Å². The van der Waals surface area contributed by atoms with E-state index in [1.54, 1.807) is 47.6 Å². The normalized spacial score (nSPS) is 19.0. The maximum absolute atomic E-state index is 12.9. The van der Waals surface area contributed by atoms with Gasteiger partial charge in [0.05, 0.1) is 10.7 Å². The van der Waals surface area contributed by atoms with E-state index in [2.05, 4.69) is 44.6 Å². The molecule has 0 saturated heterocycles. The number of benzene rings is 1. The molecule has 2 aromatic heterocycles. The first-order valence-corrected chi connectivity index (χ1v) is 13.7. The zero-order valence-corrected chi connectivity index (χ0v) is 21.9. The first-order valence-electron chi connectivity index (χ1n) is 11.9. The molecule has 2 aliphatic rings. The summed E-state index contributed by atoms with van der Waals surface area (Å²) in [6, 6.07) is 11.2. The molecule has 0 radical (unpaired) electrons. The predicted octanol–water partition coefficient (Wildman–Crippen LogP) is 3.39. The van der Waals surface area contributed by atoms with Crippen molar-refractivity contribution < 1.29 is 9.59 Å². The van der Waals surface area contributed by atoms with Crippen LogP contribution in [0.3, 0.4) is 0 Å². The highest BCUT2D eigenvalue weighted by molar-refractivity contribution is 8.14. The second-order valence-electron chi connectivity index (χ2n) is 9.12. The molecule has 1 unspecified atom stereocenters. The molecular weight excluding hydrogens is 492 g/mol. The van der Waals surface area contributed by atoms with Gasteiger partial charge in [-0.2, -0.15) is 0 Å². The Morgan fingerprint density at radius 2 is 2.00 bits per heavy atom. The third-order valence-corrected chi connectivity index (χ3v) is 8.53. The summed E-state index contributed by atoms with van der Waals surface area (Å²) in [5.74, 6) is 0.293. The van der Waals surface area contributed by atoms with Crippen molar-refractivity contribution in [2.75, 3.05) is 25.2 Å². The maximum atomic E-state index is 12.9. The smallest absolute Gasteiger partial charge is 0.257 e. The number of nitrogens with one attached hydrogen (secondary N) is 2. The fourth-order valence-corrected chi connectivity index (χ4v) is 6.43. The number of aryl methyl sites for hydroxylation is 1. The Labute approximate surface area is 218 Å². The predicted molar refractivity (Wildman–Crippen MR) is 145 cm³/mol. The molecule has 2 amide bonds. The van der Waals surface area contributed by atoms with Crippen LogP contribution in [0.2, 0.25) is 0 Å². The molecule has 0 fully saturated rings. The molecule has 36 heavy (non-hydrogen) atoms. The van der Waals surface area contributed by atoms with Crippen molar-refractivity contribution in [3.8, 4) is 0 Å². The first kappa shape index (κ1) is 24.6. The number of pyridine rings is 1. The average Bonchev–Trinajstić information content (AvgIpc) is 3.54. The molecule has 3 aromatic rings. The molecule has 3 heterocycles. The van der Waals surface area contributed by atoms with E-state index in [1.165, 1.54) is 4.88 Å². The zero-order valence-electron chi connectivity index (χ0n) is 20.2. The van der Waals surface area contributed by atoms with Crippen molar-refractivity contribution in [3.63, 3.8) is 0 Å². The Balaban J connectivity index is 1.17. The van der Waals surface area contributed by atoms with Crippen LogP contribution in [-0.4, -0.2) is 63.7 Å². The van der Waals surface area contributed by atoms with Gasteiger partial charge in [0.15, 0.2) is 5.13 Å². The number of rotatable bonds is 7. The number of hydrogen-bond donors (Lipinski definition) is 2. The number of carbonyl (C=O) groups is 2. The summed E-state index contributed by atoms with van der Waals surface area (Å²) in [6.07, 6.45) is 6.43. The highest BCUT2D eigenvalue weighted by Gasteiger charge is 2.26. The fourth-order valence-electron chi connectivity index (χ4n) is 4.31. The molecule has 1 aromatic carbocycles. The second-order valence-corrected chi connectivity index (χ2v) is 11.2. The number of fused-ring (bicyclic) bond motifs is 1. The van der Waals surface area contributed by atoms with Crippen LogP contribution in [0.1, 0.15) is 38.5 Å². The number of carbonyl (C=O) groups excluding carboxylic acids is 2. The van der Waals surface area contributed by atoms with Crippen LogP contribution in [0, 0.1) is 0 Å². The number of thiazole rings is 1. The summed E-state index contributed by atoms with van der Waals surface area (Å²) in [6.45, 7) is 0.332. The van der Waals surface area contributed by atoms with Gasteiger partial charge in [-0.25, -0.2) is 4.98 Å². The van der Waals surface area contributed by atoms with Gasteiger partial charge in [-0.3, -0.25) is 24.9 Å². The Kier molecular flexibility index (Phi) is 7.45. The van der Waals surface area contributed by atoms with Gasteiger partial charge in [0.2, 0.25) is 5.91 Å². The quantitative estimate of drug-likeness (QED) is 0.496. The van der Waals surface area contributed by atoms with Gasteiger partial charge in [-0.05, 0) is 63.2 Å². The second kappa shape index (κ2) is 10.9. The van der Waals surface area contributed by atoms with Crippen LogP contribution in [0.4, 0.5) is 5.13 Å². The third-order valence-electron chi connectivity index (χ3n) is 6.40. The standard InChI is InChI=1S/C26H28N6O2S2/c1-32(2)19-6-7-20-22(13-19)36-26(30-20)31-23(33)18-5-3-4-16(12-18)14-28-24(34)21-15-35-25(29-21)17-8-10-27-11-9-17/h3-5,8-12,19,21H,6-7,13-15H2,1-2H3,(H,28,34)(H,30,31,33)/t19-,21?/m0/s1. The van der Waals surface area contributed by atoms with Crippen molar-refractivity contribution >= 4 is 45.1 Å². The number of aromatic nitrogens is 2. The van der Waals surface area contributed by atoms with Crippen molar-refractivity contribution in [2.24, 2.45) is 4.99 Å². The van der Waals surface area contributed by atoms with Gasteiger partial charge < -0.3 is 10.2 Å². The summed E-state index contributed by atoms with van der Waals surface area (Å²) in [5, 5.41) is 7.42. The number of anilines is 1. The van der Waals surface area contributed by atoms with Gasteiger partial charge >= 0.3 is 0 Å². The highest BCUT2D eigenvalue weighted by atomic mass is 32.2. The molecule has 0 bridgehead atoms. The summed E-state index contributed by atoms with van der Waals surface area (Å²) < 4.78 is 0. The number of nitrogens with zero attached hydrogens (tertiary/aromatic N) is 4. The number of thioether (sulfide) groups is 1. The molecular formula is C26H28N6O2S2. The lowest BCUT2D eigenvalue weighted by atomic mass is 9.97. The minimum absolute atomic E-state index is 0.120. The Morgan fingerprint density at radius 3 is 2.81 bits per heavy atom. The van der Waals surface area contributed by atoms with E-state index < -0.39 is 6.04 Å². The monoisotopic (exact) mass is 520 g/mol. The van der Waals surface area contributed by atoms with Crippen LogP contribution in [0.5, 0.6) is 0 Å². The largest absolute Gasteiger partial charge is 0.350 e. The van der Waals surface area contributed by atoms with Gasteiger partial charge in [0.25, 0.3) is 5.91 Å². The lowest BCUT2D eigenvalue weighted by molar-refractivity contribution is -0.121. The van der Waals surface area contributed by atoms with E-state index in [4.69, 9.17) is 0 Å². The van der Waals surface area contributed by atoms with E-state index in [0.29, 0.717) is 29.0 Å². The van der Waals surface area contributed by atoms with E-state index in [9.17, 15) is 9.59 Å². The Morgan fingerprint density at radius 1 is 1.17 bits per heavy atom. The summed E-state index contributed by atoms with van der Waals surface area (Å²) >= 11 is 3.14. The van der Waals surface area contributed by atoms with Crippen LogP contribution in [0.15, 0.2) is 53.8 Å². The van der Waals surface area contributed by atoms with Crippen LogP contribution in [-0.2, 0) is 24.2 Å². The summed E-state index contributed by atoms with van der Waals surface area (Å²) in [5.41, 5.74) is 3.47. The highest BCUT2D eigenvalue weighted by Crippen LogP contribution is 2.31.